The van der Waals surface area contributed by atoms with Crippen LogP contribution in [0.3, 0.4) is 0 Å². The van der Waals surface area contributed by atoms with Crippen molar-refractivity contribution in [3.63, 3.8) is 0 Å². The lowest BCUT2D eigenvalue weighted by molar-refractivity contribution is -0.159. The molecule has 0 spiro atoms. The highest BCUT2D eigenvalue weighted by molar-refractivity contribution is 6.05. The van der Waals surface area contributed by atoms with E-state index in [1.165, 1.54) is 24.3 Å². The molecule has 18 heteroatoms. The normalized spacial score (nSPS) is 12.4. The number of carbonyl (C=O) groups is 6. The molecule has 4 N–H and O–H groups in total. The van der Waals surface area contributed by atoms with Crippen LogP contribution < -0.4 is 16.2 Å². The van der Waals surface area contributed by atoms with E-state index in [0.29, 0.717) is 29.8 Å². The number of hydrogen-bond acceptors (Lipinski definition) is 8. The number of halogens is 6. The largest absolute Gasteiger partial charge is 0.478 e. The second-order valence-electron chi connectivity index (χ2n) is 11.0. The Labute approximate surface area is 294 Å². The molecule has 0 saturated heterocycles. The van der Waals surface area contributed by atoms with E-state index in [0.717, 1.165) is 29.8 Å². The Morgan fingerprint density at radius 2 is 1.04 bits per heavy atom. The Hall–Kier alpha value is -6.72. The molecule has 53 heavy (non-hydrogen) atoms. The lowest BCUT2D eigenvalue weighted by Gasteiger charge is -2.24. The Balaban J connectivity index is 1.54. The number of anilines is 1. The SMILES string of the molecule is Cc1ccc(C(=O)Nc2ccc(C(=O)NNC(=O)[C@@H](OC(=O)c3cccc(C(F)(F)F)c3)[C@@H](OC(=O)c3cccc(C(F)(F)F)c3)C(=O)O)cc2)cc1. The number of esters is 2. The molecule has 4 aromatic rings. The van der Waals surface area contributed by atoms with Gasteiger partial charge in [0, 0.05) is 16.8 Å². The summed E-state index contributed by atoms with van der Waals surface area (Å²) in [6.45, 7) is 1.84. The van der Waals surface area contributed by atoms with E-state index in [-0.39, 0.29) is 11.3 Å². The van der Waals surface area contributed by atoms with Crippen LogP contribution in [0.15, 0.2) is 97.1 Å². The van der Waals surface area contributed by atoms with Crippen LogP contribution in [0.5, 0.6) is 0 Å². The fourth-order valence-electron chi connectivity index (χ4n) is 4.38. The van der Waals surface area contributed by atoms with Gasteiger partial charge in [-0.3, -0.25) is 25.2 Å². The van der Waals surface area contributed by atoms with Crippen molar-refractivity contribution in [1.29, 1.82) is 0 Å². The van der Waals surface area contributed by atoms with Crippen LogP contribution >= 0.6 is 0 Å². The number of rotatable bonds is 10. The number of amides is 3. The number of hydrogen-bond donors (Lipinski definition) is 4. The van der Waals surface area contributed by atoms with Crippen LogP contribution in [-0.4, -0.2) is 52.9 Å². The third kappa shape index (κ3) is 10.4. The van der Waals surface area contributed by atoms with E-state index >= 15 is 0 Å². The van der Waals surface area contributed by atoms with Gasteiger partial charge in [0.2, 0.25) is 12.2 Å². The van der Waals surface area contributed by atoms with Crippen LogP contribution in [0.2, 0.25) is 0 Å². The van der Waals surface area contributed by atoms with Gasteiger partial charge in [-0.1, -0.05) is 29.8 Å². The highest BCUT2D eigenvalue weighted by Gasteiger charge is 2.42. The zero-order valence-electron chi connectivity index (χ0n) is 26.9. The molecule has 0 aliphatic carbocycles. The third-order valence-corrected chi connectivity index (χ3v) is 7.11. The van der Waals surface area contributed by atoms with Gasteiger partial charge in [-0.2, -0.15) is 26.3 Å². The summed E-state index contributed by atoms with van der Waals surface area (Å²) < 4.78 is 89.0. The molecule has 0 heterocycles. The summed E-state index contributed by atoms with van der Waals surface area (Å²) in [6, 6.07) is 16.8. The van der Waals surface area contributed by atoms with E-state index in [9.17, 15) is 60.2 Å². The molecule has 0 fully saturated rings. The van der Waals surface area contributed by atoms with Gasteiger partial charge in [-0.15, -0.1) is 0 Å². The van der Waals surface area contributed by atoms with Crippen LogP contribution in [0, 0.1) is 6.92 Å². The van der Waals surface area contributed by atoms with Gasteiger partial charge in [-0.05, 0) is 79.7 Å². The van der Waals surface area contributed by atoms with Crippen molar-refractivity contribution in [2.75, 3.05) is 5.32 Å². The van der Waals surface area contributed by atoms with Crippen molar-refractivity contribution in [1.82, 2.24) is 10.9 Å². The van der Waals surface area contributed by atoms with Gasteiger partial charge in [0.1, 0.15) is 0 Å². The number of hydrazine groups is 1. The van der Waals surface area contributed by atoms with Crippen LogP contribution in [0.1, 0.15) is 58.1 Å². The van der Waals surface area contributed by atoms with Gasteiger partial charge in [0.05, 0.1) is 22.3 Å². The summed E-state index contributed by atoms with van der Waals surface area (Å²) in [6.07, 6.45) is -15.4. The molecule has 4 aromatic carbocycles. The molecule has 0 radical (unpaired) electrons. The number of aliphatic carboxylic acids is 1. The summed E-state index contributed by atoms with van der Waals surface area (Å²) in [5.41, 5.74) is 0.743. The zero-order chi connectivity index (χ0) is 39.1. The number of ether oxygens (including phenoxy) is 2. The lowest BCUT2D eigenvalue weighted by atomic mass is 10.1. The molecule has 0 aromatic heterocycles. The van der Waals surface area contributed by atoms with Crippen molar-refractivity contribution >= 4 is 41.3 Å². The Morgan fingerprint density at radius 3 is 1.51 bits per heavy atom. The van der Waals surface area contributed by atoms with Crippen molar-refractivity contribution in [2.45, 2.75) is 31.5 Å². The molecule has 0 saturated carbocycles. The highest BCUT2D eigenvalue weighted by atomic mass is 19.4. The summed E-state index contributed by atoms with van der Waals surface area (Å²) in [7, 11) is 0. The second kappa shape index (κ2) is 16.1. The van der Waals surface area contributed by atoms with E-state index in [2.05, 4.69) is 5.32 Å². The van der Waals surface area contributed by atoms with Crippen molar-refractivity contribution < 1.29 is 69.7 Å². The van der Waals surface area contributed by atoms with E-state index in [1.807, 2.05) is 12.3 Å². The number of nitrogens with one attached hydrogen (secondary N) is 3. The molecular weight excluding hydrogens is 720 g/mol. The minimum absolute atomic E-state index is 0.137. The Kier molecular flexibility index (Phi) is 11.9. The zero-order valence-corrected chi connectivity index (χ0v) is 26.9. The van der Waals surface area contributed by atoms with Crippen LogP contribution in [0.25, 0.3) is 0 Å². The van der Waals surface area contributed by atoms with Crippen LogP contribution in [-0.2, 0) is 31.4 Å². The Bertz CT molecular complexity index is 2030. The standard InChI is InChI=1S/C35H25F6N3O9/c1-18-8-10-19(11-9-18)28(45)42-25-14-12-20(13-15-25)29(46)43-44-30(47)26(52-32(50)21-4-2-6-23(16-21)34(36,37)38)27(31(48)49)53-33(51)22-5-3-7-24(17-22)35(39,40)41/h2-17,26-27H,1H3,(H,42,45)(H,43,46)(H,44,47)(H,48,49)/t26-,27+/m0/s1. The third-order valence-electron chi connectivity index (χ3n) is 7.11. The lowest BCUT2D eigenvalue weighted by Crippen LogP contribution is -2.54. The minimum Gasteiger partial charge on any atom is -0.478 e. The molecule has 12 nitrogen and oxygen atoms in total. The molecule has 2 atom stereocenters. The first kappa shape index (κ1) is 39.1. The number of aryl methyl sites for hydroxylation is 1. The number of benzene rings is 4. The monoisotopic (exact) mass is 745 g/mol. The second-order valence-corrected chi connectivity index (χ2v) is 11.0. The fourth-order valence-corrected chi connectivity index (χ4v) is 4.38. The first-order valence-corrected chi connectivity index (χ1v) is 14.9. The van der Waals surface area contributed by atoms with Gasteiger partial charge < -0.3 is 19.9 Å². The number of carboxylic acids is 1. The van der Waals surface area contributed by atoms with E-state index in [4.69, 9.17) is 9.47 Å². The smallest absolute Gasteiger partial charge is 0.416 e. The predicted molar refractivity (Wildman–Crippen MR) is 170 cm³/mol. The average Bonchev–Trinajstić information content (AvgIpc) is 3.11. The number of carboxylic acid groups (broad SMARTS) is 1. The first-order valence-electron chi connectivity index (χ1n) is 14.9. The van der Waals surface area contributed by atoms with Gasteiger partial charge in [0.25, 0.3) is 17.7 Å². The molecular formula is C35H25F6N3O9. The van der Waals surface area contributed by atoms with Crippen LogP contribution in [0.4, 0.5) is 32.0 Å². The molecule has 0 aliphatic heterocycles. The fraction of sp³-hybridized carbons (Fsp3) is 0.143. The molecule has 3 amide bonds. The molecule has 4 rings (SSSR count). The maximum Gasteiger partial charge on any atom is 0.416 e. The predicted octanol–water partition coefficient (Wildman–Crippen LogP) is 5.58. The van der Waals surface area contributed by atoms with Crippen molar-refractivity contribution in [3.8, 4) is 0 Å². The van der Waals surface area contributed by atoms with Crippen molar-refractivity contribution in [2.24, 2.45) is 0 Å². The molecule has 0 bridgehead atoms. The summed E-state index contributed by atoms with van der Waals surface area (Å²) in [5.74, 6) is -8.82. The Morgan fingerprint density at radius 1 is 0.585 bits per heavy atom. The minimum atomic E-state index is -4.94. The summed E-state index contributed by atoms with van der Waals surface area (Å²) in [4.78, 5) is 76.4. The van der Waals surface area contributed by atoms with Gasteiger partial charge >= 0.3 is 30.3 Å². The van der Waals surface area contributed by atoms with Crippen molar-refractivity contribution in [3.05, 3.63) is 136 Å². The maximum atomic E-state index is 13.3. The topological polar surface area (TPSA) is 177 Å². The first-order chi connectivity index (χ1) is 24.8. The number of carbonyl (C=O) groups excluding carboxylic acids is 5. The highest BCUT2D eigenvalue weighted by Crippen LogP contribution is 2.31. The van der Waals surface area contributed by atoms with Gasteiger partial charge in [-0.25, -0.2) is 14.4 Å². The average molecular weight is 746 g/mol. The number of alkyl halides is 6. The molecule has 0 aliphatic rings. The van der Waals surface area contributed by atoms with Gasteiger partial charge in [0.15, 0.2) is 0 Å². The molecule has 276 valence electrons. The summed E-state index contributed by atoms with van der Waals surface area (Å²) in [5, 5.41) is 12.4. The molecule has 0 unspecified atom stereocenters. The quantitative estimate of drug-likeness (QED) is 0.0917. The van der Waals surface area contributed by atoms with E-state index in [1.54, 1.807) is 29.7 Å². The maximum absolute atomic E-state index is 13.3. The van der Waals surface area contributed by atoms with E-state index < -0.39 is 82.4 Å². The summed E-state index contributed by atoms with van der Waals surface area (Å²) >= 11 is 0.